The predicted octanol–water partition coefficient (Wildman–Crippen LogP) is 3.43. The maximum atomic E-state index is 13.4. The van der Waals surface area contributed by atoms with Gasteiger partial charge in [-0.05, 0) is 52.5 Å². The number of aromatic amines is 1. The van der Waals surface area contributed by atoms with Crippen LogP contribution in [0.3, 0.4) is 0 Å². The van der Waals surface area contributed by atoms with Gasteiger partial charge in [-0.15, -0.1) is 0 Å². The van der Waals surface area contributed by atoms with Crippen LogP contribution >= 0.6 is 0 Å². The Balaban J connectivity index is 2.27. The number of carbonyl (C=O) groups excluding carboxylic acids is 3. The highest BCUT2D eigenvalue weighted by molar-refractivity contribution is 6.06. The van der Waals surface area contributed by atoms with Crippen LogP contribution in [-0.4, -0.2) is 60.5 Å². The Morgan fingerprint density at radius 2 is 1.86 bits per heavy atom. The molecular weight excluding hydrogens is 372 g/mol. The topological polar surface area (TPSA) is 88.7 Å². The van der Waals surface area contributed by atoms with Crippen molar-refractivity contribution >= 4 is 17.7 Å². The summed E-state index contributed by atoms with van der Waals surface area (Å²) in [6.07, 6.45) is 4.56. The minimum absolute atomic E-state index is 0.00342. The number of hydrogen-bond donors (Lipinski definition) is 1. The van der Waals surface area contributed by atoms with Gasteiger partial charge in [-0.3, -0.25) is 9.59 Å². The third-order valence-corrected chi connectivity index (χ3v) is 5.75. The van der Waals surface area contributed by atoms with Crippen molar-refractivity contribution in [1.82, 2.24) is 9.88 Å². The molecule has 1 unspecified atom stereocenters. The lowest BCUT2D eigenvalue weighted by Gasteiger charge is -2.31. The first-order valence-corrected chi connectivity index (χ1v) is 10.5. The Bertz CT molecular complexity index is 734. The number of aromatic nitrogens is 1. The molecule has 1 heterocycles. The normalized spacial score (nSPS) is 15.3. The average Bonchev–Trinajstić information content (AvgIpc) is 3.32. The molecule has 2 rings (SSSR count). The first kappa shape index (κ1) is 23.1. The van der Waals surface area contributed by atoms with Crippen LogP contribution in [0.5, 0.6) is 0 Å². The van der Waals surface area contributed by atoms with Crippen LogP contribution in [0.1, 0.15) is 78.1 Å². The van der Waals surface area contributed by atoms with E-state index in [2.05, 4.69) is 4.98 Å². The molecule has 0 aromatic carbocycles. The van der Waals surface area contributed by atoms with Crippen molar-refractivity contribution in [3.05, 3.63) is 22.5 Å². The van der Waals surface area contributed by atoms with Gasteiger partial charge in [0, 0.05) is 37.4 Å². The first-order valence-electron chi connectivity index (χ1n) is 10.5. The SMILES string of the molecule is CCOC(=O)c1[nH]c(C)c(C(=O)C(C)N(CCCOC)C(=O)C2CCCC2)c1C. The summed E-state index contributed by atoms with van der Waals surface area (Å²) in [7, 11) is 1.63. The van der Waals surface area contributed by atoms with Gasteiger partial charge in [0.15, 0.2) is 5.78 Å². The monoisotopic (exact) mass is 406 g/mol. The molecular formula is C22H34N2O5. The van der Waals surface area contributed by atoms with Gasteiger partial charge in [0.05, 0.1) is 12.6 Å². The molecule has 7 nitrogen and oxygen atoms in total. The number of methoxy groups -OCH3 is 1. The molecule has 0 bridgehead atoms. The number of nitrogens with one attached hydrogen (secondary N) is 1. The van der Waals surface area contributed by atoms with E-state index in [-0.39, 0.29) is 24.2 Å². The van der Waals surface area contributed by atoms with Gasteiger partial charge < -0.3 is 19.4 Å². The maximum absolute atomic E-state index is 13.4. The molecule has 1 aromatic heterocycles. The van der Waals surface area contributed by atoms with Crippen molar-refractivity contribution in [2.75, 3.05) is 26.9 Å². The van der Waals surface area contributed by atoms with Crippen LogP contribution in [0.25, 0.3) is 0 Å². The summed E-state index contributed by atoms with van der Waals surface area (Å²) in [6.45, 7) is 8.29. The summed E-state index contributed by atoms with van der Waals surface area (Å²) >= 11 is 0. The molecule has 162 valence electrons. The van der Waals surface area contributed by atoms with E-state index in [1.807, 2.05) is 0 Å². The fourth-order valence-electron chi connectivity index (χ4n) is 4.16. The van der Waals surface area contributed by atoms with Crippen LogP contribution in [0, 0.1) is 19.8 Å². The summed E-state index contributed by atoms with van der Waals surface area (Å²) in [5, 5.41) is 0. The number of nitrogens with zero attached hydrogens (tertiary/aromatic N) is 1. The number of H-pyrrole nitrogens is 1. The third kappa shape index (κ3) is 5.26. The molecule has 1 saturated carbocycles. The molecule has 1 aliphatic rings. The van der Waals surface area contributed by atoms with Crippen molar-refractivity contribution in [3.8, 4) is 0 Å². The number of esters is 1. The molecule has 1 aliphatic carbocycles. The zero-order valence-electron chi connectivity index (χ0n) is 18.3. The lowest BCUT2D eigenvalue weighted by atomic mass is 9.98. The van der Waals surface area contributed by atoms with Gasteiger partial charge in [0.1, 0.15) is 5.69 Å². The molecule has 1 aromatic rings. The quantitative estimate of drug-likeness (QED) is 0.365. The number of amides is 1. The van der Waals surface area contributed by atoms with Crippen LogP contribution in [0.2, 0.25) is 0 Å². The molecule has 1 atom stereocenters. The highest BCUT2D eigenvalue weighted by atomic mass is 16.5. The van der Waals surface area contributed by atoms with Crippen LogP contribution < -0.4 is 0 Å². The summed E-state index contributed by atoms with van der Waals surface area (Å²) in [5.74, 6) is -0.582. The lowest BCUT2D eigenvalue weighted by molar-refractivity contribution is -0.136. The second-order valence-corrected chi connectivity index (χ2v) is 7.75. The van der Waals surface area contributed by atoms with E-state index in [1.165, 1.54) is 0 Å². The minimum atomic E-state index is -0.608. The van der Waals surface area contributed by atoms with E-state index in [0.29, 0.717) is 42.1 Å². The van der Waals surface area contributed by atoms with E-state index in [9.17, 15) is 14.4 Å². The van der Waals surface area contributed by atoms with Gasteiger partial charge >= 0.3 is 5.97 Å². The standard InChI is InChI=1S/C22H34N2O5/c1-6-29-22(27)19-14(2)18(15(3)23-19)20(25)16(4)24(12-9-13-28-5)21(26)17-10-7-8-11-17/h16-17,23H,6-13H2,1-5H3. The average molecular weight is 407 g/mol. The molecule has 0 spiro atoms. The van der Waals surface area contributed by atoms with Crippen molar-refractivity contribution in [1.29, 1.82) is 0 Å². The largest absolute Gasteiger partial charge is 0.461 e. The molecule has 0 saturated heterocycles. The molecule has 1 N–H and O–H groups in total. The molecule has 1 amide bonds. The van der Waals surface area contributed by atoms with Crippen molar-refractivity contribution in [2.45, 2.75) is 65.8 Å². The minimum Gasteiger partial charge on any atom is -0.461 e. The van der Waals surface area contributed by atoms with E-state index >= 15 is 0 Å². The van der Waals surface area contributed by atoms with Crippen molar-refractivity contribution in [3.63, 3.8) is 0 Å². The Labute approximate surface area is 173 Å². The number of hydrogen-bond acceptors (Lipinski definition) is 5. The summed E-state index contributed by atoms with van der Waals surface area (Å²) in [4.78, 5) is 43.4. The Hall–Kier alpha value is -2.15. The van der Waals surface area contributed by atoms with Gasteiger partial charge in [-0.25, -0.2) is 4.79 Å². The van der Waals surface area contributed by atoms with Gasteiger partial charge in [-0.2, -0.15) is 0 Å². The van der Waals surface area contributed by atoms with E-state index in [1.54, 1.807) is 39.7 Å². The molecule has 0 radical (unpaired) electrons. The summed E-state index contributed by atoms with van der Waals surface area (Å²) in [6, 6.07) is -0.608. The molecule has 0 aliphatic heterocycles. The number of carbonyl (C=O) groups is 3. The van der Waals surface area contributed by atoms with Crippen LogP contribution in [0.4, 0.5) is 0 Å². The smallest absolute Gasteiger partial charge is 0.355 e. The lowest BCUT2D eigenvalue weighted by Crippen LogP contribution is -2.46. The number of rotatable bonds is 10. The molecule has 29 heavy (non-hydrogen) atoms. The van der Waals surface area contributed by atoms with E-state index in [0.717, 1.165) is 25.7 Å². The number of ketones is 1. The van der Waals surface area contributed by atoms with Gasteiger partial charge in [0.25, 0.3) is 0 Å². The van der Waals surface area contributed by atoms with Gasteiger partial charge in [0.2, 0.25) is 5.91 Å². The Morgan fingerprint density at radius 1 is 1.21 bits per heavy atom. The van der Waals surface area contributed by atoms with E-state index < -0.39 is 12.0 Å². The van der Waals surface area contributed by atoms with Crippen LogP contribution in [0.15, 0.2) is 0 Å². The maximum Gasteiger partial charge on any atom is 0.355 e. The molecule has 1 fully saturated rings. The number of aryl methyl sites for hydroxylation is 1. The summed E-state index contributed by atoms with van der Waals surface area (Å²) in [5.41, 5.74) is 1.96. The fourth-order valence-corrected chi connectivity index (χ4v) is 4.16. The predicted molar refractivity (Wildman–Crippen MR) is 110 cm³/mol. The molecule has 7 heteroatoms. The number of ether oxygens (including phenoxy) is 2. The zero-order chi connectivity index (χ0) is 21.6. The van der Waals surface area contributed by atoms with Crippen molar-refractivity contribution < 1.29 is 23.9 Å². The Kier molecular flexibility index (Phi) is 8.44. The second kappa shape index (κ2) is 10.6. The van der Waals surface area contributed by atoms with Gasteiger partial charge in [-0.1, -0.05) is 12.8 Å². The third-order valence-electron chi connectivity index (χ3n) is 5.75. The number of Topliss-reactive ketones (excluding diaryl/α,β-unsaturated/α-hetero) is 1. The Morgan fingerprint density at radius 3 is 2.45 bits per heavy atom. The van der Waals surface area contributed by atoms with Crippen LogP contribution in [-0.2, 0) is 14.3 Å². The summed E-state index contributed by atoms with van der Waals surface area (Å²) < 4.78 is 10.2. The first-order chi connectivity index (χ1) is 13.8. The highest BCUT2D eigenvalue weighted by Crippen LogP contribution is 2.29. The zero-order valence-corrected chi connectivity index (χ0v) is 18.3. The van der Waals surface area contributed by atoms with E-state index in [4.69, 9.17) is 9.47 Å². The van der Waals surface area contributed by atoms with Crippen molar-refractivity contribution in [2.24, 2.45) is 5.92 Å². The highest BCUT2D eigenvalue weighted by Gasteiger charge is 2.34. The second-order valence-electron chi connectivity index (χ2n) is 7.75. The fraction of sp³-hybridized carbons (Fsp3) is 0.682.